The van der Waals surface area contributed by atoms with Crippen molar-refractivity contribution in [3.05, 3.63) is 82.4 Å². The van der Waals surface area contributed by atoms with Gasteiger partial charge in [0.15, 0.2) is 17.5 Å². The molecule has 8 heteroatoms. The van der Waals surface area contributed by atoms with E-state index in [0.717, 1.165) is 17.7 Å². The van der Waals surface area contributed by atoms with Crippen LogP contribution in [0.5, 0.6) is 0 Å². The molecule has 1 aromatic heterocycles. The van der Waals surface area contributed by atoms with Gasteiger partial charge in [-0.15, -0.1) is 10.2 Å². The van der Waals surface area contributed by atoms with Gasteiger partial charge in [0, 0.05) is 17.1 Å². The van der Waals surface area contributed by atoms with Crippen molar-refractivity contribution >= 4 is 29.1 Å². The molecule has 3 rings (SSSR count). The first-order chi connectivity index (χ1) is 12.5. The van der Waals surface area contributed by atoms with Gasteiger partial charge in [-0.25, -0.2) is 8.78 Å². The van der Waals surface area contributed by atoms with Crippen LogP contribution in [-0.4, -0.2) is 16.1 Å². The van der Waals surface area contributed by atoms with Gasteiger partial charge in [-0.1, -0.05) is 23.7 Å². The third-order valence-electron chi connectivity index (χ3n) is 3.47. The Morgan fingerprint density at radius 1 is 0.923 bits per heavy atom. The molecule has 1 heterocycles. The van der Waals surface area contributed by atoms with E-state index in [0.29, 0.717) is 17.4 Å². The fourth-order valence-electron chi connectivity index (χ4n) is 2.11. The molecule has 0 fully saturated rings. The standard InChI is InChI=1S/C18H13ClF2N4O/c19-13-4-1-11(2-5-13)10-22-16-7-8-17(25-24-16)23-18(26)12-3-6-14(20)15(21)9-12/h1-9H,10H2,(H,22,24)(H,23,25,26). The summed E-state index contributed by atoms with van der Waals surface area (Å²) >= 11 is 5.83. The molecule has 0 atom stereocenters. The maximum atomic E-state index is 13.2. The molecule has 132 valence electrons. The van der Waals surface area contributed by atoms with E-state index in [1.165, 1.54) is 6.07 Å². The van der Waals surface area contributed by atoms with Gasteiger partial charge in [-0.05, 0) is 48.0 Å². The van der Waals surface area contributed by atoms with Gasteiger partial charge in [-0.3, -0.25) is 4.79 Å². The average Bonchev–Trinajstić information content (AvgIpc) is 2.64. The van der Waals surface area contributed by atoms with Crippen molar-refractivity contribution in [2.45, 2.75) is 6.54 Å². The van der Waals surface area contributed by atoms with E-state index >= 15 is 0 Å². The third kappa shape index (κ3) is 4.52. The number of nitrogens with one attached hydrogen (secondary N) is 2. The summed E-state index contributed by atoms with van der Waals surface area (Å²) in [5.41, 5.74) is 1.00. The highest BCUT2D eigenvalue weighted by atomic mass is 35.5. The van der Waals surface area contributed by atoms with Crippen molar-refractivity contribution in [3.8, 4) is 0 Å². The summed E-state index contributed by atoms with van der Waals surface area (Å²) in [6, 6.07) is 13.4. The van der Waals surface area contributed by atoms with Crippen molar-refractivity contribution in [2.75, 3.05) is 10.6 Å². The Bertz CT molecular complexity index is 917. The van der Waals surface area contributed by atoms with Crippen LogP contribution in [-0.2, 0) is 6.54 Å². The molecule has 2 aromatic carbocycles. The fourth-order valence-corrected chi connectivity index (χ4v) is 2.24. The number of amides is 1. The smallest absolute Gasteiger partial charge is 0.256 e. The van der Waals surface area contributed by atoms with Crippen molar-refractivity contribution in [1.82, 2.24) is 10.2 Å². The first kappa shape index (κ1) is 17.8. The number of halogens is 3. The van der Waals surface area contributed by atoms with Gasteiger partial charge in [0.25, 0.3) is 5.91 Å². The van der Waals surface area contributed by atoms with Crippen LogP contribution in [0.2, 0.25) is 5.02 Å². The quantitative estimate of drug-likeness (QED) is 0.699. The number of nitrogens with zero attached hydrogens (tertiary/aromatic N) is 2. The van der Waals surface area contributed by atoms with Gasteiger partial charge in [-0.2, -0.15) is 0 Å². The number of carbonyl (C=O) groups excluding carboxylic acids is 1. The Hall–Kier alpha value is -3.06. The van der Waals surface area contributed by atoms with Crippen LogP contribution in [0.3, 0.4) is 0 Å². The second-order valence-corrected chi connectivity index (χ2v) is 5.80. The Morgan fingerprint density at radius 3 is 2.27 bits per heavy atom. The number of benzene rings is 2. The Labute approximate surface area is 153 Å². The molecular formula is C18H13ClF2N4O. The SMILES string of the molecule is O=C(Nc1ccc(NCc2ccc(Cl)cc2)nn1)c1ccc(F)c(F)c1. The first-order valence-corrected chi connectivity index (χ1v) is 7.97. The minimum atomic E-state index is -1.09. The van der Waals surface area contributed by atoms with Gasteiger partial charge in [0.05, 0.1) is 0 Å². The van der Waals surface area contributed by atoms with Crippen LogP contribution in [0.4, 0.5) is 20.4 Å². The molecule has 26 heavy (non-hydrogen) atoms. The average molecular weight is 375 g/mol. The van der Waals surface area contributed by atoms with Crippen molar-refractivity contribution < 1.29 is 13.6 Å². The topological polar surface area (TPSA) is 66.9 Å². The predicted octanol–water partition coefficient (Wildman–Crippen LogP) is 4.27. The lowest BCUT2D eigenvalue weighted by Gasteiger charge is -2.07. The number of rotatable bonds is 5. The van der Waals surface area contributed by atoms with Crippen LogP contribution in [0, 0.1) is 11.6 Å². The third-order valence-corrected chi connectivity index (χ3v) is 3.73. The number of hydrogen-bond donors (Lipinski definition) is 2. The zero-order valence-corrected chi connectivity index (χ0v) is 14.1. The van der Waals surface area contributed by atoms with Crippen LogP contribution < -0.4 is 10.6 Å². The molecule has 0 aliphatic heterocycles. The van der Waals surface area contributed by atoms with E-state index in [-0.39, 0.29) is 11.4 Å². The number of hydrogen-bond acceptors (Lipinski definition) is 4. The van der Waals surface area contributed by atoms with Crippen LogP contribution >= 0.6 is 11.6 Å². The summed E-state index contributed by atoms with van der Waals surface area (Å²) in [6.45, 7) is 0.534. The summed E-state index contributed by atoms with van der Waals surface area (Å²) in [6.07, 6.45) is 0. The van der Waals surface area contributed by atoms with Crippen molar-refractivity contribution in [1.29, 1.82) is 0 Å². The molecule has 2 N–H and O–H groups in total. The highest BCUT2D eigenvalue weighted by Gasteiger charge is 2.10. The first-order valence-electron chi connectivity index (χ1n) is 7.60. The van der Waals surface area contributed by atoms with E-state index in [1.54, 1.807) is 24.3 Å². The second-order valence-electron chi connectivity index (χ2n) is 5.37. The molecule has 0 spiro atoms. The Balaban J connectivity index is 1.59. The largest absolute Gasteiger partial charge is 0.365 e. The van der Waals surface area contributed by atoms with Gasteiger partial charge < -0.3 is 10.6 Å². The lowest BCUT2D eigenvalue weighted by Crippen LogP contribution is -2.14. The highest BCUT2D eigenvalue weighted by molar-refractivity contribution is 6.30. The van der Waals surface area contributed by atoms with Gasteiger partial charge >= 0.3 is 0 Å². The van der Waals surface area contributed by atoms with E-state index in [1.807, 2.05) is 12.1 Å². The lowest BCUT2D eigenvalue weighted by molar-refractivity contribution is 0.102. The minimum Gasteiger partial charge on any atom is -0.365 e. The highest BCUT2D eigenvalue weighted by Crippen LogP contribution is 2.13. The lowest BCUT2D eigenvalue weighted by atomic mass is 10.2. The molecule has 0 aliphatic carbocycles. The molecule has 0 radical (unpaired) electrons. The summed E-state index contributed by atoms with van der Waals surface area (Å²) in [5, 5.41) is 14.0. The maximum absolute atomic E-state index is 13.2. The normalized spacial score (nSPS) is 10.4. The minimum absolute atomic E-state index is 0.0179. The predicted molar refractivity (Wildman–Crippen MR) is 95.1 cm³/mol. The molecule has 0 unspecified atom stereocenters. The number of aromatic nitrogens is 2. The number of carbonyl (C=O) groups is 1. The van der Waals surface area contributed by atoms with E-state index in [9.17, 15) is 13.6 Å². The van der Waals surface area contributed by atoms with Crippen LogP contribution in [0.25, 0.3) is 0 Å². The van der Waals surface area contributed by atoms with Crippen LogP contribution in [0.15, 0.2) is 54.6 Å². The zero-order chi connectivity index (χ0) is 18.5. The molecule has 5 nitrogen and oxygen atoms in total. The molecule has 0 aliphatic rings. The van der Waals surface area contributed by atoms with Gasteiger partial charge in [0.2, 0.25) is 0 Å². The molecule has 1 amide bonds. The molecule has 3 aromatic rings. The fraction of sp³-hybridized carbons (Fsp3) is 0.0556. The van der Waals surface area contributed by atoms with Gasteiger partial charge in [0.1, 0.15) is 5.82 Å². The van der Waals surface area contributed by atoms with Crippen molar-refractivity contribution in [3.63, 3.8) is 0 Å². The van der Waals surface area contributed by atoms with E-state index < -0.39 is 17.5 Å². The Morgan fingerprint density at radius 2 is 1.62 bits per heavy atom. The van der Waals surface area contributed by atoms with E-state index in [2.05, 4.69) is 20.8 Å². The maximum Gasteiger partial charge on any atom is 0.256 e. The summed E-state index contributed by atoms with van der Waals surface area (Å²) in [5.74, 6) is -2.01. The van der Waals surface area contributed by atoms with E-state index in [4.69, 9.17) is 11.6 Å². The summed E-state index contributed by atoms with van der Waals surface area (Å²) in [7, 11) is 0. The van der Waals surface area contributed by atoms with Crippen molar-refractivity contribution in [2.24, 2.45) is 0 Å². The summed E-state index contributed by atoms with van der Waals surface area (Å²) < 4.78 is 26.1. The monoisotopic (exact) mass is 374 g/mol. The summed E-state index contributed by atoms with van der Waals surface area (Å²) in [4.78, 5) is 12.0. The molecule has 0 saturated carbocycles. The Kier molecular flexibility index (Phi) is 5.38. The zero-order valence-electron chi connectivity index (χ0n) is 13.3. The second kappa shape index (κ2) is 7.88. The molecule has 0 saturated heterocycles. The van der Waals surface area contributed by atoms with Crippen LogP contribution in [0.1, 0.15) is 15.9 Å². The number of anilines is 2. The molecule has 0 bridgehead atoms. The molecular weight excluding hydrogens is 362 g/mol.